The smallest absolute Gasteiger partial charge is 0.311 e. The van der Waals surface area contributed by atoms with Crippen molar-refractivity contribution in [2.24, 2.45) is 11.8 Å². The largest absolute Gasteiger partial charge is 0.465 e. The van der Waals surface area contributed by atoms with Gasteiger partial charge in [0.2, 0.25) is 0 Å². The fourth-order valence-corrected chi connectivity index (χ4v) is 5.07. The molecule has 2 bridgehead atoms. The fourth-order valence-electron chi connectivity index (χ4n) is 5.07. The number of hydrogen-bond acceptors (Lipinski definition) is 6. The Morgan fingerprint density at radius 2 is 1.61 bits per heavy atom. The first-order chi connectivity index (χ1) is 13.4. The van der Waals surface area contributed by atoms with Crippen LogP contribution < -0.4 is 0 Å². The number of hydrogen-bond donors (Lipinski definition) is 0. The molecule has 158 valence electrons. The SMILES string of the molecule is CC12CCC(C(=O)OCCCCCCOC(=O)C3CCC4(C)OC4C3)C(C1)O2. The highest BCUT2D eigenvalue weighted by molar-refractivity contribution is 5.73. The van der Waals surface area contributed by atoms with Gasteiger partial charge in [0.25, 0.3) is 0 Å². The second-order valence-electron chi connectivity index (χ2n) is 9.60. The quantitative estimate of drug-likeness (QED) is 0.338. The first-order valence-electron chi connectivity index (χ1n) is 11.1. The molecule has 0 aromatic rings. The van der Waals surface area contributed by atoms with Crippen LogP contribution in [0, 0.1) is 11.8 Å². The molecular weight excluding hydrogens is 360 g/mol. The first-order valence-corrected chi connectivity index (χ1v) is 11.1. The molecule has 6 atom stereocenters. The number of ether oxygens (including phenoxy) is 4. The van der Waals surface area contributed by atoms with Crippen molar-refractivity contribution >= 4 is 11.9 Å². The zero-order chi connectivity index (χ0) is 19.8. The summed E-state index contributed by atoms with van der Waals surface area (Å²) in [6.45, 7) is 5.20. The molecule has 0 N–H and O–H groups in total. The van der Waals surface area contributed by atoms with Crippen LogP contribution in [0.1, 0.15) is 78.1 Å². The summed E-state index contributed by atoms with van der Waals surface area (Å²) in [5, 5.41) is 0. The number of carbonyl (C=O) groups is 2. The van der Waals surface area contributed by atoms with Crippen LogP contribution in [0.2, 0.25) is 0 Å². The highest BCUT2D eigenvalue weighted by Gasteiger charge is 2.56. The maximum atomic E-state index is 12.2. The molecular formula is C22H34O6. The Morgan fingerprint density at radius 3 is 2.21 bits per heavy atom. The average Bonchev–Trinajstić information content (AvgIpc) is 3.33. The Bertz CT molecular complexity index is 592. The van der Waals surface area contributed by atoms with E-state index in [-0.39, 0.29) is 47.2 Å². The van der Waals surface area contributed by atoms with Gasteiger partial charge >= 0.3 is 11.9 Å². The van der Waals surface area contributed by atoms with Crippen LogP contribution in [0.4, 0.5) is 0 Å². The molecule has 6 nitrogen and oxygen atoms in total. The summed E-state index contributed by atoms with van der Waals surface area (Å²) in [7, 11) is 0. The lowest BCUT2D eigenvalue weighted by atomic mass is 9.72. The van der Waals surface area contributed by atoms with Crippen molar-refractivity contribution < 1.29 is 28.5 Å². The predicted molar refractivity (Wildman–Crippen MR) is 102 cm³/mol. The first kappa shape index (κ1) is 20.1. The molecule has 3 heterocycles. The number of unbranched alkanes of at least 4 members (excludes halogenated alkanes) is 3. The molecule has 0 spiro atoms. The molecule has 0 aromatic heterocycles. The van der Waals surface area contributed by atoms with E-state index in [4.69, 9.17) is 18.9 Å². The van der Waals surface area contributed by atoms with Crippen LogP contribution in [-0.4, -0.2) is 48.6 Å². The van der Waals surface area contributed by atoms with Crippen molar-refractivity contribution in [1.82, 2.24) is 0 Å². The van der Waals surface area contributed by atoms with Crippen molar-refractivity contribution in [3.05, 3.63) is 0 Å². The number of rotatable bonds is 9. The molecule has 5 rings (SSSR count). The maximum Gasteiger partial charge on any atom is 0.311 e. The summed E-state index contributed by atoms with van der Waals surface area (Å²) in [5.41, 5.74) is 0.0663. The monoisotopic (exact) mass is 394 g/mol. The number of epoxide rings is 1. The summed E-state index contributed by atoms with van der Waals surface area (Å²) in [6.07, 6.45) is 9.49. The van der Waals surface area contributed by atoms with Gasteiger partial charge in [-0.2, -0.15) is 0 Å². The Kier molecular flexibility index (Phi) is 5.71. The molecule has 0 aromatic carbocycles. The van der Waals surface area contributed by atoms with E-state index in [0.717, 1.165) is 64.2 Å². The third-order valence-electron chi connectivity index (χ3n) is 7.19. The molecule has 2 aliphatic carbocycles. The standard InChI is InChI=1S/C22H34O6/c1-21-9-8-16(17(14-21)27-21)20(24)26-12-6-4-3-5-11-25-19(23)15-7-10-22(2)18(13-15)28-22/h15-18H,3-14H2,1-2H3. The number of esters is 2. The summed E-state index contributed by atoms with van der Waals surface area (Å²) in [6, 6.07) is 0. The normalized spacial score (nSPS) is 40.8. The molecule has 3 saturated heterocycles. The number of fused-ring (bicyclic) bond motifs is 3. The molecule has 0 amide bonds. The Morgan fingerprint density at radius 1 is 0.929 bits per heavy atom. The Hall–Kier alpha value is -1.14. The van der Waals surface area contributed by atoms with Crippen molar-refractivity contribution in [2.75, 3.05) is 13.2 Å². The zero-order valence-corrected chi connectivity index (χ0v) is 17.2. The second kappa shape index (κ2) is 7.94. The summed E-state index contributed by atoms with van der Waals surface area (Å²) in [4.78, 5) is 24.3. The zero-order valence-electron chi connectivity index (χ0n) is 17.2. The van der Waals surface area contributed by atoms with Gasteiger partial charge in [-0.3, -0.25) is 9.59 Å². The second-order valence-corrected chi connectivity index (χ2v) is 9.60. The molecule has 3 aliphatic heterocycles. The van der Waals surface area contributed by atoms with Gasteiger partial charge in [0, 0.05) is 6.42 Å². The van der Waals surface area contributed by atoms with Crippen LogP contribution >= 0.6 is 0 Å². The molecule has 2 saturated carbocycles. The lowest BCUT2D eigenvalue weighted by molar-refractivity contribution is -0.250. The predicted octanol–water partition coefficient (Wildman–Crippen LogP) is 3.55. The lowest BCUT2D eigenvalue weighted by Gasteiger charge is -2.53. The topological polar surface area (TPSA) is 74.4 Å². The van der Waals surface area contributed by atoms with Crippen molar-refractivity contribution in [2.45, 2.75) is 101 Å². The number of carbonyl (C=O) groups excluding carboxylic acids is 2. The minimum Gasteiger partial charge on any atom is -0.465 e. The molecule has 6 unspecified atom stereocenters. The maximum absolute atomic E-state index is 12.2. The van der Waals surface area contributed by atoms with E-state index in [1.807, 2.05) is 0 Å². The van der Waals surface area contributed by atoms with E-state index in [9.17, 15) is 9.59 Å². The molecule has 28 heavy (non-hydrogen) atoms. The highest BCUT2D eigenvalue weighted by atomic mass is 16.6. The van der Waals surface area contributed by atoms with Crippen LogP contribution in [-0.2, 0) is 28.5 Å². The van der Waals surface area contributed by atoms with Gasteiger partial charge in [0.05, 0.1) is 48.5 Å². The van der Waals surface area contributed by atoms with Crippen LogP contribution in [0.15, 0.2) is 0 Å². The van der Waals surface area contributed by atoms with Crippen molar-refractivity contribution in [3.8, 4) is 0 Å². The van der Waals surface area contributed by atoms with E-state index >= 15 is 0 Å². The van der Waals surface area contributed by atoms with Gasteiger partial charge in [-0.15, -0.1) is 0 Å². The minimum atomic E-state index is -0.0936. The molecule has 5 aliphatic rings. The van der Waals surface area contributed by atoms with Gasteiger partial charge < -0.3 is 18.9 Å². The summed E-state index contributed by atoms with van der Waals surface area (Å²) < 4.78 is 22.3. The van der Waals surface area contributed by atoms with Gasteiger partial charge in [-0.25, -0.2) is 0 Å². The van der Waals surface area contributed by atoms with E-state index in [1.165, 1.54) is 0 Å². The summed E-state index contributed by atoms with van der Waals surface area (Å²) in [5.74, 6) is -0.214. The summed E-state index contributed by atoms with van der Waals surface area (Å²) >= 11 is 0. The van der Waals surface area contributed by atoms with E-state index < -0.39 is 0 Å². The van der Waals surface area contributed by atoms with Crippen LogP contribution in [0.5, 0.6) is 0 Å². The van der Waals surface area contributed by atoms with Gasteiger partial charge in [-0.05, 0) is 71.6 Å². The highest BCUT2D eigenvalue weighted by Crippen LogP contribution is 2.49. The van der Waals surface area contributed by atoms with Gasteiger partial charge in [0.1, 0.15) is 0 Å². The van der Waals surface area contributed by atoms with E-state index in [2.05, 4.69) is 13.8 Å². The van der Waals surface area contributed by atoms with Crippen molar-refractivity contribution in [1.29, 1.82) is 0 Å². The minimum absolute atomic E-state index is 0.0114. The van der Waals surface area contributed by atoms with Crippen LogP contribution in [0.3, 0.4) is 0 Å². The molecule has 0 radical (unpaired) electrons. The average molecular weight is 395 g/mol. The third kappa shape index (κ3) is 4.38. The van der Waals surface area contributed by atoms with Gasteiger partial charge in [0.15, 0.2) is 0 Å². The van der Waals surface area contributed by atoms with E-state index in [0.29, 0.717) is 13.2 Å². The van der Waals surface area contributed by atoms with Gasteiger partial charge in [-0.1, -0.05) is 0 Å². The van der Waals surface area contributed by atoms with Crippen molar-refractivity contribution in [3.63, 3.8) is 0 Å². The van der Waals surface area contributed by atoms with Crippen LogP contribution in [0.25, 0.3) is 0 Å². The molecule has 5 fully saturated rings. The fraction of sp³-hybridized carbons (Fsp3) is 0.909. The van der Waals surface area contributed by atoms with E-state index in [1.54, 1.807) is 0 Å². The Labute approximate surface area is 167 Å². The molecule has 6 heteroatoms. The lowest BCUT2D eigenvalue weighted by Crippen LogP contribution is -2.57. The third-order valence-corrected chi connectivity index (χ3v) is 7.19. The Balaban J connectivity index is 0.992.